The van der Waals surface area contributed by atoms with Crippen molar-refractivity contribution in [1.82, 2.24) is 5.32 Å². The topological polar surface area (TPSA) is 39.7 Å². The summed E-state index contributed by atoms with van der Waals surface area (Å²) in [5.74, 6) is 0.795. The van der Waals surface area contributed by atoms with E-state index >= 15 is 0 Å². The second-order valence-corrected chi connectivity index (χ2v) is 8.64. The molecule has 3 aliphatic rings. The van der Waals surface area contributed by atoms with Crippen LogP contribution in [0.5, 0.6) is 0 Å². The molecule has 0 saturated carbocycles. The molecule has 1 unspecified atom stereocenters. The molecule has 4 nitrogen and oxygen atoms in total. The summed E-state index contributed by atoms with van der Waals surface area (Å²) in [6, 6.07) is 0.665. The van der Waals surface area contributed by atoms with Crippen molar-refractivity contribution >= 4 is 7.12 Å². The molecule has 0 radical (unpaired) electrons. The van der Waals surface area contributed by atoms with Crippen molar-refractivity contribution in [2.45, 2.75) is 83.5 Å². The van der Waals surface area contributed by atoms with Crippen LogP contribution in [-0.4, -0.2) is 44.1 Å². The summed E-state index contributed by atoms with van der Waals surface area (Å²) < 4.78 is 17.8. The highest BCUT2D eigenvalue weighted by Gasteiger charge is 2.52. The Hall–Kier alpha value is -0.355. The molecule has 5 heteroatoms. The minimum Gasteiger partial charge on any atom is -0.400 e. The first-order chi connectivity index (χ1) is 11.4. The fourth-order valence-corrected chi connectivity index (χ4v) is 3.77. The predicted octanol–water partition coefficient (Wildman–Crippen LogP) is 3.50. The maximum atomic E-state index is 6.18. The van der Waals surface area contributed by atoms with Crippen molar-refractivity contribution in [2.24, 2.45) is 5.92 Å². The van der Waals surface area contributed by atoms with Gasteiger partial charge in [-0.1, -0.05) is 6.08 Å². The van der Waals surface area contributed by atoms with Gasteiger partial charge in [0.05, 0.1) is 11.2 Å². The van der Waals surface area contributed by atoms with E-state index in [-0.39, 0.29) is 18.3 Å². The summed E-state index contributed by atoms with van der Waals surface area (Å²) in [5, 5.41) is 3.71. The van der Waals surface area contributed by atoms with Crippen molar-refractivity contribution in [3.8, 4) is 0 Å². The van der Waals surface area contributed by atoms with Crippen LogP contribution in [0.15, 0.2) is 11.5 Å². The van der Waals surface area contributed by atoms with Crippen molar-refractivity contribution in [1.29, 1.82) is 0 Å². The van der Waals surface area contributed by atoms with E-state index in [9.17, 15) is 0 Å². The van der Waals surface area contributed by atoms with Gasteiger partial charge in [-0.15, -0.1) is 0 Å². The number of hydrogen-bond acceptors (Lipinski definition) is 4. The van der Waals surface area contributed by atoms with Gasteiger partial charge in [-0.05, 0) is 84.2 Å². The molecule has 0 aromatic carbocycles. The molecule has 3 rings (SSSR count). The molecule has 0 aromatic heterocycles. The van der Waals surface area contributed by atoms with Crippen LogP contribution in [0, 0.1) is 5.92 Å². The fourth-order valence-electron chi connectivity index (χ4n) is 3.77. The lowest BCUT2D eigenvalue weighted by molar-refractivity contribution is 0.00578. The average molecular weight is 335 g/mol. The number of allylic oxidation sites excluding steroid dienone is 2. The highest BCUT2D eigenvalue weighted by molar-refractivity contribution is 6.54. The SMILES string of the molecule is CC1(C)OB(C2=CCC(CCNC3CCOCC3)CC2)OC1(C)C. The normalized spacial score (nSPS) is 30.4. The summed E-state index contributed by atoms with van der Waals surface area (Å²) in [5.41, 5.74) is 0.883. The molecule has 0 spiro atoms. The van der Waals surface area contributed by atoms with E-state index in [1.807, 2.05) is 0 Å². The van der Waals surface area contributed by atoms with Crippen molar-refractivity contribution in [3.05, 3.63) is 11.5 Å². The molecule has 2 heterocycles. The summed E-state index contributed by atoms with van der Waals surface area (Å²) in [6.45, 7) is 11.5. The zero-order chi connectivity index (χ0) is 17.2. The Balaban J connectivity index is 1.41. The second-order valence-electron chi connectivity index (χ2n) is 8.64. The molecule has 1 atom stereocenters. The Morgan fingerprint density at radius 2 is 1.75 bits per heavy atom. The molecule has 136 valence electrons. The van der Waals surface area contributed by atoms with Gasteiger partial charge in [0.1, 0.15) is 0 Å². The van der Waals surface area contributed by atoms with E-state index in [0.29, 0.717) is 6.04 Å². The molecule has 0 amide bonds. The van der Waals surface area contributed by atoms with Gasteiger partial charge < -0.3 is 19.4 Å². The number of hydrogen-bond donors (Lipinski definition) is 1. The van der Waals surface area contributed by atoms with Gasteiger partial charge in [0.25, 0.3) is 0 Å². The van der Waals surface area contributed by atoms with Crippen LogP contribution in [0.25, 0.3) is 0 Å². The monoisotopic (exact) mass is 335 g/mol. The molecule has 1 aliphatic carbocycles. The quantitative estimate of drug-likeness (QED) is 0.781. The molecule has 0 bridgehead atoms. The fraction of sp³-hybridized carbons (Fsp3) is 0.895. The Morgan fingerprint density at radius 3 is 2.33 bits per heavy atom. The number of rotatable bonds is 5. The van der Waals surface area contributed by atoms with E-state index in [0.717, 1.165) is 51.4 Å². The van der Waals surface area contributed by atoms with Crippen LogP contribution in [0.4, 0.5) is 0 Å². The molecule has 24 heavy (non-hydrogen) atoms. The van der Waals surface area contributed by atoms with Gasteiger partial charge in [-0.25, -0.2) is 0 Å². The third-order valence-electron chi connectivity index (χ3n) is 6.32. The molecule has 1 N–H and O–H groups in total. The van der Waals surface area contributed by atoms with E-state index < -0.39 is 0 Å². The molecule has 2 aliphatic heterocycles. The first kappa shape index (κ1) is 18.4. The van der Waals surface area contributed by atoms with Gasteiger partial charge in [-0.3, -0.25) is 0 Å². The van der Waals surface area contributed by atoms with Crippen LogP contribution >= 0.6 is 0 Å². The van der Waals surface area contributed by atoms with Crippen molar-refractivity contribution in [3.63, 3.8) is 0 Å². The molecule has 2 fully saturated rings. The average Bonchev–Trinajstić information content (AvgIpc) is 2.77. The maximum Gasteiger partial charge on any atom is 0.490 e. The lowest BCUT2D eigenvalue weighted by atomic mass is 9.70. The Labute approximate surface area is 147 Å². The van der Waals surface area contributed by atoms with E-state index in [4.69, 9.17) is 14.0 Å². The van der Waals surface area contributed by atoms with E-state index in [1.54, 1.807) is 0 Å². The Bertz CT molecular complexity index is 442. The standard InChI is InChI=1S/C19H34BNO3/c1-18(2)19(3,4)24-20(23-18)16-7-5-15(6-8-16)9-12-21-17-10-13-22-14-11-17/h7,15,17,21H,5-6,8-14H2,1-4H3. The summed E-state index contributed by atoms with van der Waals surface area (Å²) in [6.07, 6.45) is 9.50. The van der Waals surface area contributed by atoms with Gasteiger partial charge >= 0.3 is 7.12 Å². The van der Waals surface area contributed by atoms with Gasteiger partial charge in [-0.2, -0.15) is 0 Å². The smallest absolute Gasteiger partial charge is 0.400 e. The van der Waals surface area contributed by atoms with Crippen LogP contribution in [0.1, 0.15) is 66.2 Å². The van der Waals surface area contributed by atoms with E-state index in [2.05, 4.69) is 39.1 Å². The van der Waals surface area contributed by atoms with Crippen LogP contribution in [-0.2, 0) is 14.0 Å². The molecular formula is C19H34BNO3. The van der Waals surface area contributed by atoms with Gasteiger partial charge in [0.15, 0.2) is 0 Å². The van der Waals surface area contributed by atoms with Gasteiger partial charge in [0, 0.05) is 19.3 Å². The lowest BCUT2D eigenvalue weighted by Gasteiger charge is -2.32. The highest BCUT2D eigenvalue weighted by atomic mass is 16.7. The molecule has 2 saturated heterocycles. The molecule has 0 aromatic rings. The third-order valence-corrected chi connectivity index (χ3v) is 6.32. The number of ether oxygens (including phenoxy) is 1. The Kier molecular flexibility index (Phi) is 5.75. The van der Waals surface area contributed by atoms with E-state index in [1.165, 1.54) is 18.3 Å². The predicted molar refractivity (Wildman–Crippen MR) is 98.0 cm³/mol. The van der Waals surface area contributed by atoms with Crippen molar-refractivity contribution < 1.29 is 14.0 Å². The van der Waals surface area contributed by atoms with Crippen LogP contribution < -0.4 is 5.32 Å². The largest absolute Gasteiger partial charge is 0.490 e. The first-order valence-electron chi connectivity index (χ1n) is 9.73. The van der Waals surface area contributed by atoms with Gasteiger partial charge in [0.2, 0.25) is 0 Å². The van der Waals surface area contributed by atoms with Crippen LogP contribution in [0.2, 0.25) is 0 Å². The first-order valence-corrected chi connectivity index (χ1v) is 9.73. The zero-order valence-electron chi connectivity index (χ0n) is 15.9. The van der Waals surface area contributed by atoms with Crippen LogP contribution in [0.3, 0.4) is 0 Å². The molecular weight excluding hydrogens is 301 g/mol. The lowest BCUT2D eigenvalue weighted by Crippen LogP contribution is -2.41. The second kappa shape index (κ2) is 7.49. The highest BCUT2D eigenvalue weighted by Crippen LogP contribution is 2.40. The summed E-state index contributed by atoms with van der Waals surface area (Å²) in [4.78, 5) is 0. The minimum atomic E-state index is -0.233. The zero-order valence-corrected chi connectivity index (χ0v) is 15.9. The van der Waals surface area contributed by atoms with Crippen molar-refractivity contribution in [2.75, 3.05) is 19.8 Å². The summed E-state index contributed by atoms with van der Waals surface area (Å²) >= 11 is 0. The maximum absolute atomic E-state index is 6.18. The number of nitrogens with one attached hydrogen (secondary N) is 1. The summed E-state index contributed by atoms with van der Waals surface area (Å²) in [7, 11) is -0.142. The third kappa shape index (κ3) is 4.24. The Morgan fingerprint density at radius 1 is 1.08 bits per heavy atom. The minimum absolute atomic E-state index is 0.142.